The van der Waals surface area contributed by atoms with E-state index in [0.29, 0.717) is 12.4 Å². The van der Waals surface area contributed by atoms with Crippen molar-refractivity contribution in [2.24, 2.45) is 0 Å². The van der Waals surface area contributed by atoms with Crippen LogP contribution >= 0.6 is 23.2 Å². The lowest BCUT2D eigenvalue weighted by Gasteiger charge is -2.03. The van der Waals surface area contributed by atoms with Crippen LogP contribution in [0.25, 0.3) is 0 Å². The quantitative estimate of drug-likeness (QED) is 0.790. The van der Waals surface area contributed by atoms with Gasteiger partial charge in [0.2, 0.25) is 0 Å². The fraction of sp³-hybridized carbons (Fsp3) is 0.273. The van der Waals surface area contributed by atoms with E-state index in [4.69, 9.17) is 23.2 Å². The normalized spacial score (nSPS) is 10.7. The Morgan fingerprint density at radius 3 is 2.50 bits per heavy atom. The molecule has 0 saturated carbocycles. The molecule has 0 bridgehead atoms. The van der Waals surface area contributed by atoms with Crippen LogP contribution in [0.3, 0.4) is 0 Å². The van der Waals surface area contributed by atoms with E-state index < -0.39 is 0 Å². The Kier molecular flexibility index (Phi) is 3.46. The van der Waals surface area contributed by atoms with Gasteiger partial charge in [-0.15, -0.1) is 16.7 Å². The van der Waals surface area contributed by atoms with Crippen molar-refractivity contribution in [2.45, 2.75) is 19.3 Å². The lowest BCUT2D eigenvalue weighted by molar-refractivity contribution is 0.633. The van der Waals surface area contributed by atoms with Gasteiger partial charge in [-0.3, -0.25) is 0 Å². The van der Waals surface area contributed by atoms with Crippen molar-refractivity contribution in [2.75, 3.05) is 0 Å². The molecule has 2 rings (SSSR count). The van der Waals surface area contributed by atoms with Crippen molar-refractivity contribution >= 4 is 23.2 Å². The summed E-state index contributed by atoms with van der Waals surface area (Å²) in [5.41, 5.74) is 2.97. The van der Waals surface area contributed by atoms with Gasteiger partial charge in [0.15, 0.2) is 0 Å². The third-order valence-electron chi connectivity index (χ3n) is 2.45. The first-order valence-corrected chi connectivity index (χ1v) is 5.81. The van der Waals surface area contributed by atoms with Crippen LogP contribution in [0, 0.1) is 6.92 Å². The number of hydrogen-bond donors (Lipinski definition) is 0. The number of rotatable bonds is 3. The molecule has 1 aromatic carbocycles. The average Bonchev–Trinajstić information content (AvgIpc) is 2.63. The summed E-state index contributed by atoms with van der Waals surface area (Å²) in [4.78, 5) is 0. The van der Waals surface area contributed by atoms with E-state index in [1.165, 1.54) is 0 Å². The Bertz CT molecular complexity index is 476. The van der Waals surface area contributed by atoms with Crippen molar-refractivity contribution in [3.05, 3.63) is 46.2 Å². The van der Waals surface area contributed by atoms with Crippen LogP contribution in [0.15, 0.2) is 24.3 Å². The SMILES string of the molecule is Cc1c(CCl)nnn1Cc1ccc(Cl)cc1. The molecule has 16 heavy (non-hydrogen) atoms. The maximum absolute atomic E-state index is 5.82. The third kappa shape index (κ3) is 2.36. The van der Waals surface area contributed by atoms with Crippen molar-refractivity contribution in [3.63, 3.8) is 0 Å². The van der Waals surface area contributed by atoms with Crippen molar-refractivity contribution in [1.29, 1.82) is 0 Å². The van der Waals surface area contributed by atoms with Crippen LogP contribution in [0.2, 0.25) is 5.02 Å². The highest BCUT2D eigenvalue weighted by atomic mass is 35.5. The van der Waals surface area contributed by atoms with E-state index in [1.54, 1.807) is 0 Å². The number of hydrogen-bond acceptors (Lipinski definition) is 2. The molecule has 0 spiro atoms. The second kappa shape index (κ2) is 4.85. The Balaban J connectivity index is 2.20. The molecule has 2 aromatic rings. The summed E-state index contributed by atoms with van der Waals surface area (Å²) in [6.07, 6.45) is 0. The molecule has 0 unspecified atom stereocenters. The maximum atomic E-state index is 5.82. The van der Waals surface area contributed by atoms with Gasteiger partial charge >= 0.3 is 0 Å². The van der Waals surface area contributed by atoms with E-state index in [2.05, 4.69) is 10.3 Å². The minimum atomic E-state index is 0.395. The largest absolute Gasteiger partial charge is 0.245 e. The second-order valence-electron chi connectivity index (χ2n) is 3.54. The molecule has 84 valence electrons. The number of benzene rings is 1. The zero-order chi connectivity index (χ0) is 11.5. The highest BCUT2D eigenvalue weighted by Gasteiger charge is 2.07. The predicted molar refractivity (Wildman–Crippen MR) is 64.9 cm³/mol. The van der Waals surface area contributed by atoms with Crippen LogP contribution in [-0.4, -0.2) is 15.0 Å². The van der Waals surface area contributed by atoms with Crippen LogP contribution in [0.4, 0.5) is 0 Å². The van der Waals surface area contributed by atoms with Gasteiger partial charge in [0.05, 0.1) is 18.1 Å². The zero-order valence-corrected chi connectivity index (χ0v) is 10.3. The summed E-state index contributed by atoms with van der Waals surface area (Å²) in [5.74, 6) is 0.395. The molecule has 0 aliphatic carbocycles. The smallest absolute Gasteiger partial charge is 0.100 e. The number of alkyl halides is 1. The van der Waals surface area contributed by atoms with Crippen LogP contribution in [0.1, 0.15) is 17.0 Å². The predicted octanol–water partition coefficient (Wildman–Crippen LogP) is 3.03. The number of aromatic nitrogens is 3. The molecule has 0 aliphatic rings. The van der Waals surface area contributed by atoms with E-state index >= 15 is 0 Å². The molecule has 0 N–H and O–H groups in total. The van der Waals surface area contributed by atoms with Gasteiger partial charge in [-0.2, -0.15) is 0 Å². The first-order valence-electron chi connectivity index (χ1n) is 4.90. The van der Waals surface area contributed by atoms with Crippen LogP contribution < -0.4 is 0 Å². The van der Waals surface area contributed by atoms with Gasteiger partial charge in [0.1, 0.15) is 5.69 Å². The minimum absolute atomic E-state index is 0.395. The molecule has 0 radical (unpaired) electrons. The highest BCUT2D eigenvalue weighted by molar-refractivity contribution is 6.30. The fourth-order valence-electron chi connectivity index (χ4n) is 1.43. The fourth-order valence-corrected chi connectivity index (χ4v) is 1.81. The highest BCUT2D eigenvalue weighted by Crippen LogP contribution is 2.12. The molecular weight excluding hydrogens is 245 g/mol. The lowest BCUT2D eigenvalue weighted by Crippen LogP contribution is -2.04. The van der Waals surface area contributed by atoms with E-state index in [0.717, 1.165) is 22.0 Å². The Labute approximate surface area is 104 Å². The maximum Gasteiger partial charge on any atom is 0.100 e. The second-order valence-corrected chi connectivity index (χ2v) is 4.24. The molecule has 1 aromatic heterocycles. The lowest BCUT2D eigenvalue weighted by atomic mass is 10.2. The summed E-state index contributed by atoms with van der Waals surface area (Å²) < 4.78 is 1.83. The molecule has 0 aliphatic heterocycles. The molecule has 0 saturated heterocycles. The van der Waals surface area contributed by atoms with Gasteiger partial charge in [0, 0.05) is 5.02 Å². The minimum Gasteiger partial charge on any atom is -0.245 e. The molecule has 3 nitrogen and oxygen atoms in total. The summed E-state index contributed by atoms with van der Waals surface area (Å²) in [5, 5.41) is 8.79. The van der Waals surface area contributed by atoms with Crippen LogP contribution in [0.5, 0.6) is 0 Å². The van der Waals surface area contributed by atoms with Crippen molar-refractivity contribution in [1.82, 2.24) is 15.0 Å². The van der Waals surface area contributed by atoms with Gasteiger partial charge in [0.25, 0.3) is 0 Å². The summed E-state index contributed by atoms with van der Waals surface area (Å²) >= 11 is 11.6. The Morgan fingerprint density at radius 1 is 1.25 bits per heavy atom. The van der Waals surface area contributed by atoms with Gasteiger partial charge in [-0.25, -0.2) is 4.68 Å². The van der Waals surface area contributed by atoms with Crippen LogP contribution in [-0.2, 0) is 12.4 Å². The van der Waals surface area contributed by atoms with E-state index in [-0.39, 0.29) is 0 Å². The molecule has 0 fully saturated rings. The summed E-state index contributed by atoms with van der Waals surface area (Å²) in [6.45, 7) is 2.65. The third-order valence-corrected chi connectivity index (χ3v) is 2.96. The molecule has 1 heterocycles. The van der Waals surface area contributed by atoms with Gasteiger partial charge in [-0.05, 0) is 24.6 Å². The average molecular weight is 256 g/mol. The van der Waals surface area contributed by atoms with E-state index in [1.807, 2.05) is 35.9 Å². The first-order chi connectivity index (χ1) is 7.70. The topological polar surface area (TPSA) is 30.7 Å². The summed E-state index contributed by atoms with van der Waals surface area (Å²) in [6, 6.07) is 7.69. The Morgan fingerprint density at radius 2 is 1.94 bits per heavy atom. The monoisotopic (exact) mass is 255 g/mol. The van der Waals surface area contributed by atoms with Crippen molar-refractivity contribution in [3.8, 4) is 0 Å². The molecular formula is C11H11Cl2N3. The summed E-state index contributed by atoms with van der Waals surface area (Å²) in [7, 11) is 0. The standard InChI is InChI=1S/C11H11Cl2N3/c1-8-11(6-12)14-15-16(8)7-9-2-4-10(13)5-3-9/h2-5H,6-7H2,1H3. The zero-order valence-electron chi connectivity index (χ0n) is 8.82. The molecule has 0 amide bonds. The molecule has 0 atom stereocenters. The van der Waals surface area contributed by atoms with Gasteiger partial charge in [-0.1, -0.05) is 28.9 Å². The van der Waals surface area contributed by atoms with Gasteiger partial charge < -0.3 is 0 Å². The van der Waals surface area contributed by atoms with E-state index in [9.17, 15) is 0 Å². The number of nitrogens with zero attached hydrogens (tertiary/aromatic N) is 3. The number of halogens is 2. The Hall–Kier alpha value is -1.06. The first kappa shape index (κ1) is 11.4. The van der Waals surface area contributed by atoms with Crippen molar-refractivity contribution < 1.29 is 0 Å². The molecule has 5 heteroatoms.